The molecule has 7 nitrogen and oxygen atoms in total. The lowest BCUT2D eigenvalue weighted by atomic mass is 10.2. The first-order valence-corrected chi connectivity index (χ1v) is 5.53. The summed E-state index contributed by atoms with van der Waals surface area (Å²) in [6.07, 6.45) is 0. The lowest BCUT2D eigenvalue weighted by Gasteiger charge is -2.17. The molecule has 1 N–H and O–H groups in total. The lowest BCUT2D eigenvalue weighted by Crippen LogP contribution is -2.30. The smallest absolute Gasteiger partial charge is 0.329 e. The van der Waals surface area contributed by atoms with Gasteiger partial charge in [0.15, 0.2) is 11.5 Å². The van der Waals surface area contributed by atoms with Crippen molar-refractivity contribution in [1.29, 1.82) is 0 Å². The van der Waals surface area contributed by atoms with E-state index in [2.05, 4.69) is 5.32 Å². The molecule has 0 aromatic heterocycles. The van der Waals surface area contributed by atoms with Crippen LogP contribution in [0, 0.1) is 0 Å². The molecule has 1 heterocycles. The maximum atomic E-state index is 11.7. The van der Waals surface area contributed by atoms with E-state index in [0.29, 0.717) is 22.9 Å². The van der Waals surface area contributed by atoms with Gasteiger partial charge in [0.05, 0.1) is 33.6 Å². The van der Waals surface area contributed by atoms with Crippen LogP contribution >= 0.6 is 0 Å². The molecular weight excluding hydrogens is 252 g/mol. The van der Waals surface area contributed by atoms with Gasteiger partial charge in [-0.1, -0.05) is 0 Å². The summed E-state index contributed by atoms with van der Waals surface area (Å²) in [5, 5.41) is 2.45. The van der Waals surface area contributed by atoms with Crippen LogP contribution in [0.1, 0.15) is 0 Å². The number of methoxy groups -OCH3 is 3. The Hall–Kier alpha value is -2.44. The Morgan fingerprint density at radius 1 is 1.05 bits per heavy atom. The van der Waals surface area contributed by atoms with E-state index in [0.717, 1.165) is 4.90 Å². The second kappa shape index (κ2) is 5.05. The minimum atomic E-state index is -0.473. The molecule has 0 atom stereocenters. The van der Waals surface area contributed by atoms with E-state index < -0.39 is 6.03 Å². The molecule has 7 heteroatoms. The molecule has 1 aliphatic rings. The van der Waals surface area contributed by atoms with Crippen LogP contribution in [0.15, 0.2) is 12.1 Å². The largest absolute Gasteiger partial charge is 0.493 e. The van der Waals surface area contributed by atoms with E-state index in [1.807, 2.05) is 0 Å². The van der Waals surface area contributed by atoms with Crippen LogP contribution in [-0.4, -0.2) is 39.8 Å². The van der Waals surface area contributed by atoms with Gasteiger partial charge in [-0.2, -0.15) is 0 Å². The summed E-state index contributed by atoms with van der Waals surface area (Å²) in [4.78, 5) is 24.3. The van der Waals surface area contributed by atoms with Crippen molar-refractivity contribution in [3.05, 3.63) is 12.1 Å². The normalized spacial score (nSPS) is 14.4. The Kier molecular flexibility index (Phi) is 3.46. The molecule has 19 heavy (non-hydrogen) atoms. The molecule has 1 aromatic carbocycles. The monoisotopic (exact) mass is 266 g/mol. The van der Waals surface area contributed by atoms with Gasteiger partial charge in [0.25, 0.3) is 5.91 Å². The average molecular weight is 266 g/mol. The first-order valence-electron chi connectivity index (χ1n) is 5.53. The van der Waals surface area contributed by atoms with Crippen LogP contribution in [0.2, 0.25) is 0 Å². The molecule has 0 unspecified atom stereocenters. The van der Waals surface area contributed by atoms with Gasteiger partial charge in [0.2, 0.25) is 5.75 Å². The van der Waals surface area contributed by atoms with Crippen molar-refractivity contribution in [2.75, 3.05) is 32.8 Å². The van der Waals surface area contributed by atoms with E-state index in [9.17, 15) is 9.59 Å². The van der Waals surface area contributed by atoms with Gasteiger partial charge in [-0.05, 0) is 0 Å². The fourth-order valence-corrected chi connectivity index (χ4v) is 1.88. The van der Waals surface area contributed by atoms with Crippen LogP contribution in [0.3, 0.4) is 0 Å². The molecule has 0 aliphatic carbocycles. The number of ether oxygens (including phenoxy) is 3. The van der Waals surface area contributed by atoms with Crippen molar-refractivity contribution >= 4 is 17.6 Å². The minimum Gasteiger partial charge on any atom is -0.493 e. The lowest BCUT2D eigenvalue weighted by molar-refractivity contribution is -0.115. The number of amides is 3. The maximum absolute atomic E-state index is 11.7. The van der Waals surface area contributed by atoms with Gasteiger partial charge in [-0.3, -0.25) is 4.79 Å². The van der Waals surface area contributed by atoms with E-state index >= 15 is 0 Å². The summed E-state index contributed by atoms with van der Waals surface area (Å²) >= 11 is 0. The maximum Gasteiger partial charge on any atom is 0.329 e. The predicted octanol–water partition coefficient (Wildman–Crippen LogP) is 0.769. The van der Waals surface area contributed by atoms with E-state index in [1.165, 1.54) is 21.3 Å². The Morgan fingerprint density at radius 2 is 1.63 bits per heavy atom. The van der Waals surface area contributed by atoms with E-state index in [-0.39, 0.29) is 12.5 Å². The number of imide groups is 1. The third-order valence-corrected chi connectivity index (χ3v) is 2.75. The molecule has 3 amide bonds. The second-order valence-electron chi connectivity index (χ2n) is 3.77. The van der Waals surface area contributed by atoms with Crippen LogP contribution in [0.4, 0.5) is 10.5 Å². The number of hydrogen-bond acceptors (Lipinski definition) is 5. The number of urea groups is 1. The number of hydrogen-bond donors (Lipinski definition) is 1. The number of benzene rings is 1. The number of nitrogens with one attached hydrogen (secondary N) is 1. The summed E-state index contributed by atoms with van der Waals surface area (Å²) in [6.45, 7) is -0.0184. The molecule has 2 rings (SSSR count). The first kappa shape index (κ1) is 13.0. The highest BCUT2D eigenvalue weighted by atomic mass is 16.5. The number of carbonyl (C=O) groups excluding carboxylic acids is 2. The highest BCUT2D eigenvalue weighted by molar-refractivity contribution is 6.20. The highest BCUT2D eigenvalue weighted by Crippen LogP contribution is 2.41. The number of rotatable bonds is 4. The SMILES string of the molecule is COc1cc(N2C(=O)CNC2=O)cc(OC)c1OC. The fourth-order valence-electron chi connectivity index (χ4n) is 1.88. The quantitative estimate of drug-likeness (QED) is 0.814. The zero-order valence-electron chi connectivity index (χ0n) is 10.9. The zero-order valence-corrected chi connectivity index (χ0v) is 10.9. The van der Waals surface area contributed by atoms with Crippen LogP contribution in [0.5, 0.6) is 17.2 Å². The topological polar surface area (TPSA) is 77.1 Å². The molecule has 0 radical (unpaired) electrons. The molecule has 0 spiro atoms. The van der Waals surface area contributed by atoms with Crippen LogP contribution in [-0.2, 0) is 4.79 Å². The third kappa shape index (κ3) is 2.14. The van der Waals surface area contributed by atoms with Crippen molar-refractivity contribution in [2.45, 2.75) is 0 Å². The molecular formula is C12H14N2O5. The third-order valence-electron chi connectivity index (χ3n) is 2.75. The van der Waals surface area contributed by atoms with Crippen LogP contribution < -0.4 is 24.4 Å². The van der Waals surface area contributed by atoms with Gasteiger partial charge in [0, 0.05) is 12.1 Å². The summed E-state index contributed by atoms with van der Waals surface area (Å²) < 4.78 is 15.5. The Morgan fingerprint density at radius 3 is 2.00 bits per heavy atom. The Labute approximate surface area is 110 Å². The molecule has 102 valence electrons. The molecule has 1 aliphatic heterocycles. The summed E-state index contributed by atoms with van der Waals surface area (Å²) in [7, 11) is 4.41. The zero-order chi connectivity index (χ0) is 14.0. The number of anilines is 1. The van der Waals surface area contributed by atoms with Crippen molar-refractivity contribution in [3.63, 3.8) is 0 Å². The van der Waals surface area contributed by atoms with Crippen LogP contribution in [0.25, 0.3) is 0 Å². The summed E-state index contributed by atoms with van der Waals surface area (Å²) in [6, 6.07) is 2.62. The Bertz CT molecular complexity index is 488. The summed E-state index contributed by atoms with van der Waals surface area (Å²) in [5.74, 6) is 0.828. The van der Waals surface area contributed by atoms with E-state index in [4.69, 9.17) is 14.2 Å². The van der Waals surface area contributed by atoms with Gasteiger partial charge >= 0.3 is 6.03 Å². The summed E-state index contributed by atoms with van der Waals surface area (Å²) in [5.41, 5.74) is 0.370. The number of nitrogens with zero attached hydrogens (tertiary/aromatic N) is 1. The molecule has 0 bridgehead atoms. The van der Waals surface area contributed by atoms with Gasteiger partial charge in [-0.15, -0.1) is 0 Å². The number of carbonyl (C=O) groups is 2. The predicted molar refractivity (Wildman–Crippen MR) is 67.0 cm³/mol. The Balaban J connectivity index is 2.52. The second-order valence-corrected chi connectivity index (χ2v) is 3.77. The molecule has 1 aromatic rings. The minimum absolute atomic E-state index is 0.0184. The van der Waals surface area contributed by atoms with E-state index in [1.54, 1.807) is 12.1 Å². The van der Waals surface area contributed by atoms with Crippen molar-refractivity contribution in [1.82, 2.24) is 5.32 Å². The van der Waals surface area contributed by atoms with Crippen molar-refractivity contribution in [2.24, 2.45) is 0 Å². The highest BCUT2D eigenvalue weighted by Gasteiger charge is 2.31. The standard InChI is InChI=1S/C12H14N2O5/c1-17-8-4-7(5-9(18-2)11(8)19-3)14-10(15)6-13-12(14)16/h4-5H,6H2,1-3H3,(H,13,16). The van der Waals surface area contributed by atoms with Gasteiger partial charge < -0.3 is 19.5 Å². The van der Waals surface area contributed by atoms with Gasteiger partial charge in [0.1, 0.15) is 0 Å². The first-order chi connectivity index (χ1) is 9.12. The molecule has 0 saturated carbocycles. The fraction of sp³-hybridized carbons (Fsp3) is 0.333. The van der Waals surface area contributed by atoms with Gasteiger partial charge in [-0.25, -0.2) is 9.69 Å². The molecule has 1 fully saturated rings. The van der Waals surface area contributed by atoms with Crippen molar-refractivity contribution < 1.29 is 23.8 Å². The van der Waals surface area contributed by atoms with Crippen molar-refractivity contribution in [3.8, 4) is 17.2 Å². The average Bonchev–Trinajstić information content (AvgIpc) is 2.76. The molecule has 1 saturated heterocycles.